The summed E-state index contributed by atoms with van der Waals surface area (Å²) in [6.45, 7) is 6.93. The van der Waals surface area contributed by atoms with Gasteiger partial charge in [-0.3, -0.25) is 0 Å². The zero-order valence-electron chi connectivity index (χ0n) is 12.8. The SMILES string of the molecule is CC(C)(C)NCC(CCSC(F)(F)F)Cc1ccccc1. The van der Waals surface area contributed by atoms with Gasteiger partial charge in [-0.15, -0.1) is 0 Å². The van der Waals surface area contributed by atoms with E-state index in [0.717, 1.165) is 13.0 Å². The van der Waals surface area contributed by atoms with Crippen molar-refractivity contribution in [2.24, 2.45) is 5.92 Å². The Balaban J connectivity index is 2.53. The summed E-state index contributed by atoms with van der Waals surface area (Å²) in [6.07, 6.45) is 1.37. The summed E-state index contributed by atoms with van der Waals surface area (Å²) in [4.78, 5) is 0. The van der Waals surface area contributed by atoms with Crippen molar-refractivity contribution in [3.05, 3.63) is 35.9 Å². The lowest BCUT2D eigenvalue weighted by Gasteiger charge is -2.25. The molecule has 0 amide bonds. The molecule has 1 rings (SSSR count). The van der Waals surface area contributed by atoms with Crippen LogP contribution in [0.1, 0.15) is 32.8 Å². The first-order valence-corrected chi connectivity index (χ1v) is 8.14. The zero-order chi connectivity index (χ0) is 15.9. The molecule has 0 radical (unpaired) electrons. The van der Waals surface area contributed by atoms with Gasteiger partial charge in [-0.25, -0.2) is 0 Å². The van der Waals surface area contributed by atoms with Gasteiger partial charge in [0.1, 0.15) is 0 Å². The second-order valence-corrected chi connectivity index (χ2v) is 7.43. The zero-order valence-corrected chi connectivity index (χ0v) is 13.7. The fourth-order valence-electron chi connectivity index (χ4n) is 2.02. The van der Waals surface area contributed by atoms with Crippen molar-refractivity contribution in [2.75, 3.05) is 12.3 Å². The van der Waals surface area contributed by atoms with Crippen LogP contribution in [0.4, 0.5) is 13.2 Å². The van der Waals surface area contributed by atoms with E-state index in [1.165, 1.54) is 5.56 Å². The summed E-state index contributed by atoms with van der Waals surface area (Å²) in [7, 11) is 0. The smallest absolute Gasteiger partial charge is 0.312 e. The summed E-state index contributed by atoms with van der Waals surface area (Å²) < 4.78 is 36.8. The topological polar surface area (TPSA) is 12.0 Å². The van der Waals surface area contributed by atoms with E-state index in [9.17, 15) is 13.2 Å². The van der Waals surface area contributed by atoms with Gasteiger partial charge in [0, 0.05) is 11.3 Å². The molecule has 1 nitrogen and oxygen atoms in total. The van der Waals surface area contributed by atoms with E-state index in [2.05, 4.69) is 26.1 Å². The predicted octanol–water partition coefficient (Wildman–Crippen LogP) is 4.88. The van der Waals surface area contributed by atoms with Crippen LogP contribution in [0.5, 0.6) is 0 Å². The normalized spacial score (nSPS) is 14.2. The third kappa shape index (κ3) is 9.80. The molecule has 0 fully saturated rings. The van der Waals surface area contributed by atoms with Gasteiger partial charge in [-0.05, 0) is 51.6 Å². The summed E-state index contributed by atoms with van der Waals surface area (Å²) in [5, 5.41) is 3.40. The summed E-state index contributed by atoms with van der Waals surface area (Å²) in [6, 6.07) is 9.94. The van der Waals surface area contributed by atoms with Crippen molar-refractivity contribution in [2.45, 2.75) is 44.7 Å². The Morgan fingerprint density at radius 3 is 2.24 bits per heavy atom. The first kappa shape index (κ1) is 18.4. The van der Waals surface area contributed by atoms with Crippen LogP contribution in [0.25, 0.3) is 0 Å². The first-order valence-electron chi connectivity index (χ1n) is 7.15. The van der Waals surface area contributed by atoms with Crippen LogP contribution in [0.15, 0.2) is 30.3 Å². The molecule has 0 aromatic heterocycles. The van der Waals surface area contributed by atoms with E-state index in [-0.39, 0.29) is 29.0 Å². The highest BCUT2D eigenvalue weighted by molar-refractivity contribution is 8.00. The Labute approximate surface area is 129 Å². The Bertz CT molecular complexity index is 398. The summed E-state index contributed by atoms with van der Waals surface area (Å²) in [5.41, 5.74) is -2.98. The minimum atomic E-state index is -4.13. The standard InChI is InChI=1S/C16H24F3NS/c1-15(2,3)20-12-14(9-10-21-16(17,18)19)11-13-7-5-4-6-8-13/h4-8,14,20H,9-12H2,1-3H3. The maximum Gasteiger partial charge on any atom is 0.441 e. The highest BCUT2D eigenvalue weighted by atomic mass is 32.2. The van der Waals surface area contributed by atoms with Crippen LogP contribution in [0.2, 0.25) is 0 Å². The second-order valence-electron chi connectivity index (χ2n) is 6.27. The van der Waals surface area contributed by atoms with E-state index in [4.69, 9.17) is 0 Å². The van der Waals surface area contributed by atoms with Crippen molar-refractivity contribution in [1.29, 1.82) is 0 Å². The van der Waals surface area contributed by atoms with Crippen LogP contribution in [-0.2, 0) is 6.42 Å². The number of alkyl halides is 3. The summed E-state index contributed by atoms with van der Waals surface area (Å²) >= 11 is 0.0780. The van der Waals surface area contributed by atoms with Crippen LogP contribution in [0.3, 0.4) is 0 Å². The molecule has 120 valence electrons. The molecule has 1 unspecified atom stereocenters. The molecule has 0 aliphatic carbocycles. The third-order valence-corrected chi connectivity index (χ3v) is 3.85. The van der Waals surface area contributed by atoms with E-state index in [1.807, 2.05) is 30.3 Å². The average Bonchev–Trinajstić information content (AvgIpc) is 2.34. The lowest BCUT2D eigenvalue weighted by Crippen LogP contribution is -2.39. The first-order chi connectivity index (χ1) is 9.66. The number of halogens is 3. The average molecular weight is 319 g/mol. The maximum absolute atomic E-state index is 12.3. The maximum atomic E-state index is 12.3. The lowest BCUT2D eigenvalue weighted by atomic mass is 9.95. The van der Waals surface area contributed by atoms with Crippen molar-refractivity contribution in [1.82, 2.24) is 5.32 Å². The number of hydrogen-bond acceptors (Lipinski definition) is 2. The number of benzene rings is 1. The largest absolute Gasteiger partial charge is 0.441 e. The van der Waals surface area contributed by atoms with Crippen molar-refractivity contribution in [3.63, 3.8) is 0 Å². The molecule has 1 atom stereocenters. The highest BCUT2D eigenvalue weighted by Gasteiger charge is 2.28. The molecular weight excluding hydrogens is 295 g/mol. The number of nitrogens with one attached hydrogen (secondary N) is 1. The van der Waals surface area contributed by atoms with E-state index in [0.29, 0.717) is 6.42 Å². The van der Waals surface area contributed by atoms with Gasteiger partial charge in [0.15, 0.2) is 0 Å². The van der Waals surface area contributed by atoms with E-state index in [1.54, 1.807) is 0 Å². The van der Waals surface area contributed by atoms with Gasteiger partial charge < -0.3 is 5.32 Å². The predicted molar refractivity (Wildman–Crippen MR) is 84.5 cm³/mol. The van der Waals surface area contributed by atoms with Gasteiger partial charge in [0.2, 0.25) is 0 Å². The lowest BCUT2D eigenvalue weighted by molar-refractivity contribution is -0.0328. The Kier molecular flexibility index (Phi) is 7.07. The molecule has 0 aliphatic rings. The minimum absolute atomic E-state index is 0.0217. The molecule has 0 saturated carbocycles. The van der Waals surface area contributed by atoms with Crippen LogP contribution >= 0.6 is 11.8 Å². The van der Waals surface area contributed by atoms with Gasteiger partial charge in [0.05, 0.1) is 0 Å². The monoisotopic (exact) mass is 319 g/mol. The van der Waals surface area contributed by atoms with Gasteiger partial charge >= 0.3 is 5.51 Å². The van der Waals surface area contributed by atoms with Gasteiger partial charge in [0.25, 0.3) is 0 Å². The molecule has 1 aromatic carbocycles. The Hall–Kier alpha value is -0.680. The molecule has 21 heavy (non-hydrogen) atoms. The molecule has 0 aliphatic heterocycles. The molecule has 5 heteroatoms. The molecule has 0 saturated heterocycles. The fourth-order valence-corrected chi connectivity index (χ4v) is 2.70. The molecule has 0 bridgehead atoms. The molecule has 0 spiro atoms. The fraction of sp³-hybridized carbons (Fsp3) is 0.625. The minimum Gasteiger partial charge on any atom is -0.312 e. The van der Waals surface area contributed by atoms with E-state index < -0.39 is 5.51 Å². The van der Waals surface area contributed by atoms with Crippen molar-refractivity contribution < 1.29 is 13.2 Å². The van der Waals surface area contributed by atoms with Crippen molar-refractivity contribution >= 4 is 11.8 Å². The number of rotatable bonds is 7. The third-order valence-electron chi connectivity index (χ3n) is 3.08. The number of hydrogen-bond donors (Lipinski definition) is 1. The quantitative estimate of drug-likeness (QED) is 0.769. The summed E-state index contributed by atoms with van der Waals surface area (Å²) in [5.74, 6) is 0.328. The Morgan fingerprint density at radius 1 is 1.10 bits per heavy atom. The molecular formula is C16H24F3NS. The Morgan fingerprint density at radius 2 is 1.71 bits per heavy atom. The second kappa shape index (κ2) is 8.08. The highest BCUT2D eigenvalue weighted by Crippen LogP contribution is 2.31. The molecule has 0 heterocycles. The van der Waals surface area contributed by atoms with Crippen LogP contribution < -0.4 is 5.32 Å². The van der Waals surface area contributed by atoms with Gasteiger partial charge in [-0.1, -0.05) is 42.1 Å². The number of thioether (sulfide) groups is 1. The molecule has 1 aromatic rings. The van der Waals surface area contributed by atoms with Crippen LogP contribution in [0, 0.1) is 5.92 Å². The van der Waals surface area contributed by atoms with Crippen molar-refractivity contribution in [3.8, 4) is 0 Å². The molecule has 1 N–H and O–H groups in total. The van der Waals surface area contributed by atoms with Crippen LogP contribution in [-0.4, -0.2) is 23.3 Å². The van der Waals surface area contributed by atoms with Gasteiger partial charge in [-0.2, -0.15) is 13.2 Å². The van der Waals surface area contributed by atoms with E-state index >= 15 is 0 Å².